The second-order valence-electron chi connectivity index (χ2n) is 13.1. The number of hydrogen-bond acceptors (Lipinski definition) is 11. The van der Waals surface area contributed by atoms with Gasteiger partial charge in [0.15, 0.2) is 6.04 Å². The molecule has 16 heteroatoms. The number of amides is 7. The molecule has 3 heterocycles. The minimum Gasteiger partial charge on any atom is -0.497 e. The molecule has 294 valence electrons. The molecule has 15 nitrogen and oxygen atoms in total. The number of hydrogen-bond donors (Lipinski definition) is 4. The van der Waals surface area contributed by atoms with E-state index >= 15 is 0 Å². The van der Waals surface area contributed by atoms with Gasteiger partial charge in [-0.3, -0.25) is 48.7 Å². The first-order valence-corrected chi connectivity index (χ1v) is 19.2. The molecule has 56 heavy (non-hydrogen) atoms. The summed E-state index contributed by atoms with van der Waals surface area (Å²) in [5, 5.41) is 12.7. The van der Waals surface area contributed by atoms with Crippen LogP contribution in [-0.4, -0.2) is 86.1 Å². The number of imide groups is 2. The molecule has 4 N–H and O–H groups in total. The molecule has 2 aromatic carbocycles. The van der Waals surface area contributed by atoms with Gasteiger partial charge in [-0.2, -0.15) is 0 Å². The van der Waals surface area contributed by atoms with Crippen molar-refractivity contribution in [3.8, 4) is 23.8 Å². The van der Waals surface area contributed by atoms with E-state index in [0.717, 1.165) is 43.4 Å². The maximum atomic E-state index is 13.6. The third kappa shape index (κ3) is 9.53. The smallest absolute Gasteiger partial charge is 0.303 e. The maximum Gasteiger partial charge on any atom is 0.303 e. The highest BCUT2D eigenvalue weighted by Crippen LogP contribution is 2.38. The van der Waals surface area contributed by atoms with Crippen molar-refractivity contribution in [3.63, 3.8) is 0 Å². The topological polar surface area (TPSA) is 193 Å². The number of nitrogens with one attached hydrogen (secondary N) is 4. The molecule has 5 rings (SSSR count). The zero-order chi connectivity index (χ0) is 40.2. The van der Waals surface area contributed by atoms with Crippen molar-refractivity contribution in [1.29, 1.82) is 0 Å². The summed E-state index contributed by atoms with van der Waals surface area (Å²) in [6.07, 6.45) is 10.9. The van der Waals surface area contributed by atoms with Crippen molar-refractivity contribution in [2.45, 2.75) is 63.5 Å². The Labute approximate surface area is 328 Å². The lowest BCUT2D eigenvalue weighted by molar-refractivity contribution is -0.136. The van der Waals surface area contributed by atoms with Gasteiger partial charge < -0.3 is 25.4 Å². The lowest BCUT2D eigenvalue weighted by atomic mass is 10.0. The molecular weight excluding hydrogens is 741 g/mol. The van der Waals surface area contributed by atoms with Crippen LogP contribution < -0.4 is 35.6 Å². The quantitative estimate of drug-likeness (QED) is 0.0794. The van der Waals surface area contributed by atoms with Crippen LogP contribution in [0.3, 0.4) is 0 Å². The Kier molecular flexibility index (Phi) is 14.2. The van der Waals surface area contributed by atoms with Crippen LogP contribution in [0, 0.1) is 12.3 Å². The van der Waals surface area contributed by atoms with Crippen LogP contribution in [0.1, 0.15) is 83.0 Å². The number of methoxy groups -OCH3 is 2. The SMILES string of the molecule is C#CC(=O)N(c1ccc(OC)cc1OC)C(C(=O)NCC(=O)NCCCCCCCCNc1cccc2c1C(=O)N(C1CCC(=O)NC1=O)C2=O)c1cccs1. The van der Waals surface area contributed by atoms with Gasteiger partial charge in [-0.1, -0.05) is 37.8 Å². The van der Waals surface area contributed by atoms with Crippen LogP contribution in [0.4, 0.5) is 11.4 Å². The molecule has 2 unspecified atom stereocenters. The molecule has 1 aromatic heterocycles. The van der Waals surface area contributed by atoms with Crippen LogP contribution in [0.2, 0.25) is 0 Å². The fourth-order valence-electron chi connectivity index (χ4n) is 6.64. The standard InChI is InChI=1S/C40H44N6O9S/c1-4-34(49)45(28-17-16-25(54-2)23-30(28)55-3)36(31-15-12-22-56-31)38(51)43-24-33(48)42-21-10-8-6-5-7-9-20-41-27-14-11-13-26-35(27)40(53)46(39(26)52)29-18-19-32(47)44-37(29)50/h1,11-17,22-23,29,36,41H,5-10,18-21,24H2,2-3H3,(H,42,48)(H,43,51)(H,44,47,50). The highest BCUT2D eigenvalue weighted by Gasteiger charge is 2.45. The Morgan fingerprint density at radius 2 is 1.70 bits per heavy atom. The van der Waals surface area contributed by atoms with E-state index in [1.165, 1.54) is 30.5 Å². The predicted octanol–water partition coefficient (Wildman–Crippen LogP) is 3.56. The molecule has 0 saturated carbocycles. The van der Waals surface area contributed by atoms with Gasteiger partial charge in [0, 0.05) is 36.1 Å². The van der Waals surface area contributed by atoms with Crippen LogP contribution in [-0.2, 0) is 24.0 Å². The molecule has 0 bridgehead atoms. The number of rotatable bonds is 19. The van der Waals surface area contributed by atoms with E-state index in [4.69, 9.17) is 15.9 Å². The molecule has 7 amide bonds. The number of terminal acetylenes is 1. The Bertz CT molecular complexity index is 2010. The predicted molar refractivity (Wildman–Crippen MR) is 208 cm³/mol. The normalized spacial score (nSPS) is 15.3. The second kappa shape index (κ2) is 19.4. The average Bonchev–Trinajstić information content (AvgIpc) is 3.82. The van der Waals surface area contributed by atoms with Crippen LogP contribution >= 0.6 is 11.3 Å². The molecule has 1 saturated heterocycles. The zero-order valence-electron chi connectivity index (χ0n) is 31.2. The molecule has 2 aliphatic heterocycles. The van der Waals surface area contributed by atoms with Gasteiger partial charge >= 0.3 is 5.91 Å². The molecule has 3 aromatic rings. The molecule has 0 aliphatic carbocycles. The highest BCUT2D eigenvalue weighted by atomic mass is 32.1. The fraction of sp³-hybridized carbons (Fsp3) is 0.375. The third-order valence-corrected chi connectivity index (χ3v) is 10.4. The Hall–Kier alpha value is -6.21. The number of anilines is 2. The zero-order valence-corrected chi connectivity index (χ0v) is 32.0. The van der Waals surface area contributed by atoms with Crippen LogP contribution in [0.15, 0.2) is 53.9 Å². The monoisotopic (exact) mass is 784 g/mol. The summed E-state index contributed by atoms with van der Waals surface area (Å²) in [7, 11) is 2.92. The summed E-state index contributed by atoms with van der Waals surface area (Å²) < 4.78 is 10.8. The minimum absolute atomic E-state index is 0.0583. The summed E-state index contributed by atoms with van der Waals surface area (Å²) in [6.45, 7) is 0.704. The fourth-order valence-corrected chi connectivity index (χ4v) is 7.45. The van der Waals surface area contributed by atoms with Gasteiger partial charge in [-0.25, -0.2) is 0 Å². The molecule has 2 atom stereocenters. The largest absolute Gasteiger partial charge is 0.497 e. The lowest BCUT2D eigenvalue weighted by Crippen LogP contribution is -2.54. The van der Waals surface area contributed by atoms with E-state index in [-0.39, 0.29) is 47.9 Å². The van der Waals surface area contributed by atoms with E-state index in [1.807, 2.05) is 0 Å². The summed E-state index contributed by atoms with van der Waals surface area (Å²) in [5.74, 6) is -1.05. The third-order valence-electron chi connectivity index (χ3n) is 9.44. The van der Waals surface area contributed by atoms with Gasteiger partial charge in [0.05, 0.1) is 37.6 Å². The Morgan fingerprint density at radius 3 is 2.38 bits per heavy atom. The van der Waals surface area contributed by atoms with Crippen LogP contribution in [0.5, 0.6) is 11.5 Å². The van der Waals surface area contributed by atoms with Crippen LogP contribution in [0.25, 0.3) is 0 Å². The van der Waals surface area contributed by atoms with Gasteiger partial charge in [-0.05, 0) is 60.9 Å². The number of ether oxygens (including phenoxy) is 2. The summed E-state index contributed by atoms with van der Waals surface area (Å²) in [5.41, 5.74) is 1.26. The molecule has 0 radical (unpaired) electrons. The molecule has 1 fully saturated rings. The Morgan fingerprint density at radius 1 is 0.946 bits per heavy atom. The number of unbranched alkanes of at least 4 members (excludes halogenated alkanes) is 5. The number of benzene rings is 2. The van der Waals surface area contributed by atoms with E-state index in [1.54, 1.807) is 53.9 Å². The van der Waals surface area contributed by atoms with Crippen molar-refractivity contribution < 1.29 is 43.0 Å². The highest BCUT2D eigenvalue weighted by molar-refractivity contribution is 7.10. The maximum absolute atomic E-state index is 13.6. The first kappa shape index (κ1) is 41.0. The first-order valence-electron chi connectivity index (χ1n) is 18.3. The number of piperidine rings is 1. The number of thiophene rings is 1. The van der Waals surface area contributed by atoms with E-state index in [0.29, 0.717) is 29.4 Å². The number of carbonyl (C=O) groups excluding carboxylic acids is 7. The minimum atomic E-state index is -1.17. The summed E-state index contributed by atoms with van der Waals surface area (Å²) >= 11 is 1.26. The van der Waals surface area contributed by atoms with Crippen molar-refractivity contribution >= 4 is 64.1 Å². The Balaban J connectivity index is 1.02. The van der Waals surface area contributed by atoms with E-state index in [9.17, 15) is 33.6 Å². The van der Waals surface area contributed by atoms with Crippen molar-refractivity contribution in [2.24, 2.45) is 0 Å². The number of carbonyl (C=O) groups is 7. The first-order chi connectivity index (χ1) is 27.1. The number of fused-ring (bicyclic) bond motifs is 1. The van der Waals surface area contributed by atoms with Gasteiger partial charge in [0.1, 0.15) is 17.5 Å². The van der Waals surface area contributed by atoms with Crippen molar-refractivity contribution in [2.75, 3.05) is 44.1 Å². The van der Waals surface area contributed by atoms with Gasteiger partial charge in [-0.15, -0.1) is 17.8 Å². The van der Waals surface area contributed by atoms with Gasteiger partial charge in [0.25, 0.3) is 11.8 Å². The molecule has 0 spiro atoms. The van der Waals surface area contributed by atoms with Gasteiger partial charge in [0.2, 0.25) is 23.6 Å². The molecular formula is C40H44N6O9S. The van der Waals surface area contributed by atoms with Crippen molar-refractivity contribution in [3.05, 3.63) is 69.9 Å². The molecule has 2 aliphatic rings. The van der Waals surface area contributed by atoms with Crippen molar-refractivity contribution in [1.82, 2.24) is 20.9 Å². The van der Waals surface area contributed by atoms with E-state index < -0.39 is 47.5 Å². The van der Waals surface area contributed by atoms with E-state index in [2.05, 4.69) is 27.2 Å². The average molecular weight is 785 g/mol. The summed E-state index contributed by atoms with van der Waals surface area (Å²) in [6, 6.07) is 11.0. The lowest BCUT2D eigenvalue weighted by Gasteiger charge is -2.30. The number of nitrogens with zero attached hydrogens (tertiary/aromatic N) is 2. The second-order valence-corrected chi connectivity index (χ2v) is 14.0. The summed E-state index contributed by atoms with van der Waals surface area (Å²) in [4.78, 5) is 92.3.